The molecule has 0 aliphatic carbocycles. The molecule has 1 N–H and O–H groups in total. The largest absolute Gasteiger partial charge is 0.325 e. The van der Waals surface area contributed by atoms with Gasteiger partial charge in [-0.1, -0.05) is 69.3 Å². The highest BCUT2D eigenvalue weighted by Crippen LogP contribution is 2.28. The number of nitrogens with one attached hydrogen (secondary N) is 1. The number of amides is 1. The fraction of sp³-hybridized carbons (Fsp3) is 0.278. The van der Waals surface area contributed by atoms with Gasteiger partial charge >= 0.3 is 0 Å². The molecule has 3 heteroatoms. The van der Waals surface area contributed by atoms with Crippen LogP contribution in [0.2, 0.25) is 0 Å². The Kier molecular flexibility index (Phi) is 5.07. The molecule has 2 aromatic rings. The Balaban J connectivity index is 2.13. The van der Waals surface area contributed by atoms with Gasteiger partial charge in [-0.15, -0.1) is 11.8 Å². The number of anilines is 1. The Morgan fingerprint density at radius 1 is 1.00 bits per heavy atom. The Bertz CT molecular complexity index is 602. The van der Waals surface area contributed by atoms with Crippen molar-refractivity contribution in [2.24, 2.45) is 0 Å². The maximum atomic E-state index is 12.1. The predicted molar refractivity (Wildman–Crippen MR) is 92.7 cm³/mol. The van der Waals surface area contributed by atoms with Crippen molar-refractivity contribution >= 4 is 23.4 Å². The van der Waals surface area contributed by atoms with Gasteiger partial charge in [0.15, 0.2) is 0 Å². The van der Waals surface area contributed by atoms with E-state index in [0.29, 0.717) is 5.75 Å². The summed E-state index contributed by atoms with van der Waals surface area (Å²) < 4.78 is 0.0935. The van der Waals surface area contributed by atoms with E-state index in [9.17, 15) is 4.79 Å². The highest BCUT2D eigenvalue weighted by atomic mass is 32.2. The standard InChI is InChI=1S/C18H21NOS/c1-18(2,3)21-13-17(20)19-16-12-8-7-11-15(16)14-9-5-4-6-10-14/h4-12H,13H2,1-3H3,(H,19,20). The van der Waals surface area contributed by atoms with Crippen LogP contribution in [-0.2, 0) is 4.79 Å². The van der Waals surface area contributed by atoms with Crippen molar-refractivity contribution < 1.29 is 4.79 Å². The quantitative estimate of drug-likeness (QED) is 0.876. The first-order valence-electron chi connectivity index (χ1n) is 7.04. The van der Waals surface area contributed by atoms with E-state index < -0.39 is 0 Å². The van der Waals surface area contributed by atoms with Crippen molar-refractivity contribution in [2.75, 3.05) is 11.1 Å². The minimum atomic E-state index is 0.0401. The van der Waals surface area contributed by atoms with Gasteiger partial charge in [-0.25, -0.2) is 0 Å². The molecule has 0 aliphatic rings. The molecular formula is C18H21NOS. The van der Waals surface area contributed by atoms with E-state index in [1.54, 1.807) is 11.8 Å². The predicted octanol–water partition coefficient (Wildman–Crippen LogP) is 4.82. The molecule has 2 nitrogen and oxygen atoms in total. The monoisotopic (exact) mass is 299 g/mol. The second kappa shape index (κ2) is 6.81. The van der Waals surface area contributed by atoms with Gasteiger partial charge in [0.05, 0.1) is 5.75 Å². The molecule has 0 aromatic heterocycles. The van der Waals surface area contributed by atoms with E-state index in [-0.39, 0.29) is 10.7 Å². The molecule has 110 valence electrons. The van der Waals surface area contributed by atoms with E-state index in [1.807, 2.05) is 42.5 Å². The van der Waals surface area contributed by atoms with Crippen molar-refractivity contribution in [2.45, 2.75) is 25.5 Å². The summed E-state index contributed by atoms with van der Waals surface area (Å²) in [6, 6.07) is 18.0. The van der Waals surface area contributed by atoms with Gasteiger partial charge in [-0.05, 0) is 11.6 Å². The van der Waals surface area contributed by atoms with Crippen molar-refractivity contribution in [1.82, 2.24) is 0 Å². The summed E-state index contributed by atoms with van der Waals surface area (Å²) >= 11 is 1.65. The molecule has 0 bridgehead atoms. The third kappa shape index (κ3) is 4.94. The lowest BCUT2D eigenvalue weighted by Crippen LogP contribution is -2.19. The SMILES string of the molecule is CC(C)(C)SCC(=O)Nc1ccccc1-c1ccccc1. The van der Waals surface area contributed by atoms with Crippen molar-refractivity contribution in [3.8, 4) is 11.1 Å². The molecule has 0 radical (unpaired) electrons. The molecule has 0 aliphatic heterocycles. The molecule has 0 saturated carbocycles. The smallest absolute Gasteiger partial charge is 0.234 e. The number of rotatable bonds is 4. The lowest BCUT2D eigenvalue weighted by molar-refractivity contribution is -0.113. The van der Waals surface area contributed by atoms with E-state index in [0.717, 1.165) is 16.8 Å². The Hall–Kier alpha value is -1.74. The Morgan fingerprint density at radius 2 is 1.62 bits per heavy atom. The number of para-hydroxylation sites is 1. The third-order valence-electron chi connectivity index (χ3n) is 2.92. The summed E-state index contributed by atoms with van der Waals surface area (Å²) in [6.07, 6.45) is 0. The van der Waals surface area contributed by atoms with E-state index >= 15 is 0 Å². The zero-order valence-electron chi connectivity index (χ0n) is 12.7. The van der Waals surface area contributed by atoms with E-state index in [4.69, 9.17) is 0 Å². The number of benzene rings is 2. The first-order valence-corrected chi connectivity index (χ1v) is 8.02. The second-order valence-electron chi connectivity index (χ2n) is 5.86. The van der Waals surface area contributed by atoms with Crippen molar-refractivity contribution in [1.29, 1.82) is 0 Å². The van der Waals surface area contributed by atoms with Crippen LogP contribution in [0.15, 0.2) is 54.6 Å². The zero-order chi connectivity index (χ0) is 15.3. The van der Waals surface area contributed by atoms with Gasteiger partial charge in [-0.2, -0.15) is 0 Å². The highest BCUT2D eigenvalue weighted by molar-refractivity contribution is 8.01. The lowest BCUT2D eigenvalue weighted by atomic mass is 10.0. The number of hydrogen-bond donors (Lipinski definition) is 1. The van der Waals surface area contributed by atoms with Gasteiger partial charge in [0.2, 0.25) is 5.91 Å². The normalized spacial score (nSPS) is 11.2. The molecule has 0 fully saturated rings. The summed E-state index contributed by atoms with van der Waals surface area (Å²) in [5.41, 5.74) is 3.02. The van der Waals surface area contributed by atoms with Crippen molar-refractivity contribution in [3.05, 3.63) is 54.6 Å². The van der Waals surface area contributed by atoms with Crippen LogP contribution in [0.1, 0.15) is 20.8 Å². The molecule has 2 aromatic carbocycles. The number of carbonyl (C=O) groups is 1. The zero-order valence-corrected chi connectivity index (χ0v) is 13.5. The fourth-order valence-electron chi connectivity index (χ4n) is 1.93. The Labute approximate surface area is 131 Å². The molecule has 0 atom stereocenters. The molecule has 21 heavy (non-hydrogen) atoms. The lowest BCUT2D eigenvalue weighted by Gasteiger charge is -2.17. The van der Waals surface area contributed by atoms with Crippen LogP contribution in [0.5, 0.6) is 0 Å². The van der Waals surface area contributed by atoms with E-state index in [1.165, 1.54) is 0 Å². The summed E-state index contributed by atoms with van der Waals surface area (Å²) in [4.78, 5) is 12.1. The van der Waals surface area contributed by atoms with Crippen LogP contribution in [-0.4, -0.2) is 16.4 Å². The van der Waals surface area contributed by atoms with Gasteiger partial charge in [-0.3, -0.25) is 4.79 Å². The summed E-state index contributed by atoms with van der Waals surface area (Å²) in [7, 11) is 0. The van der Waals surface area contributed by atoms with Crippen LogP contribution in [0.4, 0.5) is 5.69 Å². The molecule has 0 saturated heterocycles. The van der Waals surface area contributed by atoms with Gasteiger partial charge in [0.25, 0.3) is 0 Å². The Morgan fingerprint density at radius 3 is 2.29 bits per heavy atom. The highest BCUT2D eigenvalue weighted by Gasteiger charge is 2.14. The number of carbonyl (C=O) groups excluding carboxylic acids is 1. The number of thioether (sulfide) groups is 1. The molecule has 1 amide bonds. The summed E-state index contributed by atoms with van der Waals surface area (Å²) in [6.45, 7) is 6.34. The van der Waals surface area contributed by atoms with Crippen LogP contribution >= 0.6 is 11.8 Å². The fourth-order valence-corrected chi connectivity index (χ4v) is 2.57. The first-order chi connectivity index (χ1) is 9.96. The molecule has 2 rings (SSSR count). The minimum absolute atomic E-state index is 0.0401. The van der Waals surface area contributed by atoms with Gasteiger partial charge < -0.3 is 5.32 Å². The number of hydrogen-bond acceptors (Lipinski definition) is 2. The van der Waals surface area contributed by atoms with Crippen LogP contribution < -0.4 is 5.32 Å². The summed E-state index contributed by atoms with van der Waals surface area (Å²) in [5.74, 6) is 0.505. The molecule has 0 heterocycles. The topological polar surface area (TPSA) is 29.1 Å². The molecule has 0 spiro atoms. The second-order valence-corrected chi connectivity index (χ2v) is 7.66. The maximum absolute atomic E-state index is 12.1. The average molecular weight is 299 g/mol. The molecular weight excluding hydrogens is 278 g/mol. The van der Waals surface area contributed by atoms with Crippen LogP contribution in [0.25, 0.3) is 11.1 Å². The van der Waals surface area contributed by atoms with Crippen molar-refractivity contribution in [3.63, 3.8) is 0 Å². The van der Waals surface area contributed by atoms with Gasteiger partial charge in [0, 0.05) is 16.0 Å². The average Bonchev–Trinajstić information content (AvgIpc) is 2.46. The third-order valence-corrected chi connectivity index (χ3v) is 4.19. The van der Waals surface area contributed by atoms with Crippen LogP contribution in [0.3, 0.4) is 0 Å². The summed E-state index contributed by atoms with van der Waals surface area (Å²) in [5, 5.41) is 3.02. The van der Waals surface area contributed by atoms with Gasteiger partial charge in [0.1, 0.15) is 0 Å². The molecule has 0 unspecified atom stereocenters. The maximum Gasteiger partial charge on any atom is 0.234 e. The van der Waals surface area contributed by atoms with E-state index in [2.05, 4.69) is 38.2 Å². The van der Waals surface area contributed by atoms with Crippen LogP contribution in [0, 0.1) is 0 Å². The minimum Gasteiger partial charge on any atom is -0.325 e. The first kappa shape index (κ1) is 15.6.